The maximum absolute atomic E-state index is 14.5. The molecule has 0 radical (unpaired) electrons. The van der Waals surface area contributed by atoms with Crippen LogP contribution in [-0.2, 0) is 16.5 Å². The van der Waals surface area contributed by atoms with Crippen molar-refractivity contribution < 1.29 is 18.5 Å². The molecule has 1 aromatic carbocycles. The number of carbonyl (C=O) groups is 1. The molecule has 9 nitrogen and oxygen atoms in total. The number of nitrogens with zero attached hydrogens (tertiary/aromatic N) is 3. The molecule has 3 rings (SSSR count). The summed E-state index contributed by atoms with van der Waals surface area (Å²) in [5, 5.41) is 15.7. The fourth-order valence-corrected chi connectivity index (χ4v) is 4.85. The molecule has 0 spiro atoms. The number of anilines is 1. The second kappa shape index (κ2) is 10.1. The number of amides is 2. The fourth-order valence-electron chi connectivity index (χ4n) is 3.42. The number of rotatable bonds is 7. The van der Waals surface area contributed by atoms with Crippen LogP contribution in [0.25, 0.3) is 11.1 Å². The lowest BCUT2D eigenvalue weighted by Gasteiger charge is -2.19. The largest absolute Gasteiger partial charge is 0.391 e. The standard InChI is InChI=1S/C22H26ClFN6O3S/c1-12(2)17-8-16(24)9-18(15-5-6-26-13(3)7-15)20(17)27-22(32)29-34(25,33)21-19(23)11-30(28-21)10-14(4)31/h5-9,11-12,14,31H,10H2,1-4H3,(H3,25,27,29,32,33)/t14-,34?/m0/s1. The van der Waals surface area contributed by atoms with E-state index < -0.39 is 27.9 Å². The highest BCUT2D eigenvalue weighted by Gasteiger charge is 2.24. The molecule has 0 aliphatic heterocycles. The SMILES string of the molecule is Cc1cc(-c2cc(F)cc(C(C)C)c2NC(=O)NS(=N)(=O)c2nn(C[C@H](C)O)cc2Cl)ccn1. The summed E-state index contributed by atoms with van der Waals surface area (Å²) < 4.78 is 39.0. The van der Waals surface area contributed by atoms with E-state index in [2.05, 4.69) is 20.1 Å². The minimum absolute atomic E-state index is 0.0729. The van der Waals surface area contributed by atoms with Gasteiger partial charge < -0.3 is 10.4 Å². The van der Waals surface area contributed by atoms with Crippen molar-refractivity contribution in [2.24, 2.45) is 0 Å². The summed E-state index contributed by atoms with van der Waals surface area (Å²) >= 11 is 6.08. The summed E-state index contributed by atoms with van der Waals surface area (Å²) in [4.78, 5) is 17.0. The van der Waals surface area contributed by atoms with Crippen LogP contribution in [0.3, 0.4) is 0 Å². The van der Waals surface area contributed by atoms with Crippen molar-refractivity contribution in [3.63, 3.8) is 0 Å². The van der Waals surface area contributed by atoms with Gasteiger partial charge in [-0.2, -0.15) is 5.10 Å². The Balaban J connectivity index is 1.96. The number of hydrogen-bond acceptors (Lipinski definition) is 6. The molecular weight excluding hydrogens is 483 g/mol. The first kappa shape index (κ1) is 25.6. The van der Waals surface area contributed by atoms with Crippen LogP contribution in [0.5, 0.6) is 0 Å². The van der Waals surface area contributed by atoms with Gasteiger partial charge in [-0.1, -0.05) is 25.4 Å². The number of halogens is 2. The zero-order valence-electron chi connectivity index (χ0n) is 19.1. The molecule has 34 heavy (non-hydrogen) atoms. The molecule has 0 bridgehead atoms. The second-order valence-corrected chi connectivity index (χ2v) is 10.3. The Morgan fingerprint density at radius 2 is 2.03 bits per heavy atom. The van der Waals surface area contributed by atoms with E-state index >= 15 is 0 Å². The summed E-state index contributed by atoms with van der Waals surface area (Å²) in [7, 11) is -3.94. The summed E-state index contributed by atoms with van der Waals surface area (Å²) in [6.07, 6.45) is 2.15. The van der Waals surface area contributed by atoms with E-state index in [-0.39, 0.29) is 22.5 Å². The Morgan fingerprint density at radius 1 is 1.32 bits per heavy atom. The highest BCUT2D eigenvalue weighted by atomic mass is 35.5. The zero-order chi connectivity index (χ0) is 25.2. The first-order valence-corrected chi connectivity index (χ1v) is 12.4. The Bertz CT molecular complexity index is 1320. The maximum atomic E-state index is 14.5. The molecule has 12 heteroatoms. The van der Waals surface area contributed by atoms with Crippen LogP contribution in [0.1, 0.15) is 37.9 Å². The highest BCUT2D eigenvalue weighted by Crippen LogP contribution is 2.36. The van der Waals surface area contributed by atoms with Crippen molar-refractivity contribution in [1.82, 2.24) is 19.5 Å². The molecule has 1 unspecified atom stereocenters. The molecule has 3 aromatic rings. The number of pyridine rings is 1. The Labute approximate surface area is 202 Å². The van der Waals surface area contributed by atoms with E-state index in [1.807, 2.05) is 13.8 Å². The van der Waals surface area contributed by atoms with Gasteiger partial charge in [0.05, 0.1) is 23.4 Å². The lowest BCUT2D eigenvalue weighted by molar-refractivity contribution is 0.168. The van der Waals surface area contributed by atoms with Gasteiger partial charge in [-0.05, 0) is 55.2 Å². The van der Waals surface area contributed by atoms with Crippen LogP contribution in [0.15, 0.2) is 41.7 Å². The zero-order valence-corrected chi connectivity index (χ0v) is 20.7. The summed E-state index contributed by atoms with van der Waals surface area (Å²) in [6, 6.07) is 5.12. The van der Waals surface area contributed by atoms with Crippen molar-refractivity contribution >= 4 is 33.2 Å². The smallest absolute Gasteiger partial charge is 0.332 e. The van der Waals surface area contributed by atoms with Crippen LogP contribution >= 0.6 is 11.6 Å². The molecular formula is C22H26ClFN6O3S. The van der Waals surface area contributed by atoms with E-state index in [0.29, 0.717) is 28.1 Å². The number of aliphatic hydroxyl groups is 1. The molecule has 0 aliphatic carbocycles. The van der Waals surface area contributed by atoms with Gasteiger partial charge >= 0.3 is 6.03 Å². The Hall–Kier alpha value is -3.02. The van der Waals surface area contributed by atoms with Crippen LogP contribution in [0.4, 0.5) is 14.9 Å². The summed E-state index contributed by atoms with van der Waals surface area (Å²) in [5.41, 5.74) is 2.60. The van der Waals surface area contributed by atoms with Gasteiger partial charge in [-0.3, -0.25) is 9.67 Å². The summed E-state index contributed by atoms with van der Waals surface area (Å²) in [5.74, 6) is -0.627. The fraction of sp³-hybridized carbons (Fsp3) is 0.318. The number of carbonyl (C=O) groups excluding carboxylic acids is 1. The molecule has 2 heterocycles. The van der Waals surface area contributed by atoms with E-state index in [4.69, 9.17) is 16.4 Å². The third-order valence-electron chi connectivity index (χ3n) is 4.85. The van der Waals surface area contributed by atoms with Crippen molar-refractivity contribution in [3.05, 3.63) is 58.8 Å². The average Bonchev–Trinajstić information content (AvgIpc) is 3.08. The molecule has 182 valence electrons. The summed E-state index contributed by atoms with van der Waals surface area (Å²) in [6.45, 7) is 7.10. The second-order valence-electron chi connectivity index (χ2n) is 8.22. The van der Waals surface area contributed by atoms with E-state index in [9.17, 15) is 18.5 Å². The molecule has 0 saturated carbocycles. The normalized spacial score (nSPS) is 14.0. The first-order valence-electron chi connectivity index (χ1n) is 10.4. The minimum atomic E-state index is -3.94. The van der Waals surface area contributed by atoms with Crippen LogP contribution in [-0.4, -0.2) is 36.2 Å². The van der Waals surface area contributed by atoms with E-state index in [1.165, 1.54) is 29.9 Å². The Morgan fingerprint density at radius 3 is 2.65 bits per heavy atom. The average molecular weight is 509 g/mol. The van der Waals surface area contributed by atoms with E-state index in [0.717, 1.165) is 0 Å². The molecule has 4 N–H and O–H groups in total. The lowest BCUT2D eigenvalue weighted by atomic mass is 9.94. The van der Waals surface area contributed by atoms with Gasteiger partial charge in [-0.15, -0.1) is 0 Å². The quantitative estimate of drug-likeness (QED) is 0.367. The third kappa shape index (κ3) is 5.91. The molecule has 0 fully saturated rings. The van der Waals surface area contributed by atoms with Crippen LogP contribution in [0, 0.1) is 17.5 Å². The van der Waals surface area contributed by atoms with Gasteiger partial charge in [-0.25, -0.2) is 22.9 Å². The number of benzene rings is 1. The van der Waals surface area contributed by atoms with Gasteiger partial charge in [0.25, 0.3) is 0 Å². The number of aromatic nitrogens is 3. The Kier molecular flexibility index (Phi) is 7.59. The number of aryl methyl sites for hydroxylation is 1. The van der Waals surface area contributed by atoms with E-state index in [1.54, 1.807) is 25.3 Å². The van der Waals surface area contributed by atoms with Crippen molar-refractivity contribution in [3.8, 4) is 11.1 Å². The lowest BCUT2D eigenvalue weighted by Crippen LogP contribution is -2.34. The minimum Gasteiger partial charge on any atom is -0.391 e. The van der Waals surface area contributed by atoms with Gasteiger partial charge in [0.2, 0.25) is 0 Å². The van der Waals surface area contributed by atoms with Crippen molar-refractivity contribution in [1.29, 1.82) is 4.78 Å². The van der Waals surface area contributed by atoms with Crippen LogP contribution in [0.2, 0.25) is 5.02 Å². The van der Waals surface area contributed by atoms with Gasteiger partial charge in [0.15, 0.2) is 14.9 Å². The molecule has 0 saturated heterocycles. The van der Waals surface area contributed by atoms with Gasteiger partial charge in [0, 0.05) is 23.7 Å². The van der Waals surface area contributed by atoms with Crippen molar-refractivity contribution in [2.75, 3.05) is 5.32 Å². The van der Waals surface area contributed by atoms with Crippen molar-refractivity contribution in [2.45, 2.75) is 51.3 Å². The highest BCUT2D eigenvalue weighted by molar-refractivity contribution is 7.91. The predicted molar refractivity (Wildman–Crippen MR) is 129 cm³/mol. The molecule has 2 atom stereocenters. The molecule has 2 amide bonds. The number of hydrogen-bond donors (Lipinski definition) is 4. The molecule has 2 aromatic heterocycles. The topological polar surface area (TPSA) is 133 Å². The van der Waals surface area contributed by atoms with Crippen LogP contribution < -0.4 is 10.0 Å². The third-order valence-corrected chi connectivity index (χ3v) is 6.56. The number of urea groups is 1. The monoisotopic (exact) mass is 508 g/mol. The number of aliphatic hydroxyl groups excluding tert-OH is 1. The van der Waals surface area contributed by atoms with Gasteiger partial charge in [0.1, 0.15) is 5.82 Å². The predicted octanol–water partition coefficient (Wildman–Crippen LogP) is 4.69. The first-order chi connectivity index (χ1) is 15.9. The maximum Gasteiger partial charge on any atom is 0.332 e. The number of nitrogens with one attached hydrogen (secondary N) is 3. The molecule has 0 aliphatic rings.